The van der Waals surface area contributed by atoms with Gasteiger partial charge in [-0.05, 0) is 30.9 Å². The Morgan fingerprint density at radius 3 is 2.53 bits per heavy atom. The molecule has 0 amide bonds. The standard InChI is InChI=1S/C13H14F2O2/c14-12(15)8-9-6-11(7-9)17-13(16)10-4-2-1-3-5-10/h1-5,9,11-12H,6-8H2. The van der Waals surface area contributed by atoms with Crippen LogP contribution in [0.15, 0.2) is 30.3 Å². The first-order valence-electron chi connectivity index (χ1n) is 5.69. The van der Waals surface area contributed by atoms with Crippen LogP contribution in [0, 0.1) is 5.92 Å². The number of carbonyl (C=O) groups is 1. The van der Waals surface area contributed by atoms with E-state index in [4.69, 9.17) is 4.74 Å². The third kappa shape index (κ3) is 3.25. The van der Waals surface area contributed by atoms with E-state index in [2.05, 4.69) is 0 Å². The number of hydrogen-bond donors (Lipinski definition) is 0. The number of rotatable bonds is 4. The van der Waals surface area contributed by atoms with E-state index in [1.807, 2.05) is 6.07 Å². The van der Waals surface area contributed by atoms with Crippen LogP contribution in [0.4, 0.5) is 8.78 Å². The van der Waals surface area contributed by atoms with Crippen molar-refractivity contribution >= 4 is 5.97 Å². The average Bonchev–Trinajstić information content (AvgIpc) is 2.26. The number of alkyl halides is 2. The molecule has 17 heavy (non-hydrogen) atoms. The second-order valence-corrected chi connectivity index (χ2v) is 4.36. The van der Waals surface area contributed by atoms with Gasteiger partial charge in [-0.3, -0.25) is 0 Å². The molecule has 1 aliphatic rings. The van der Waals surface area contributed by atoms with E-state index < -0.39 is 6.43 Å². The number of benzene rings is 1. The lowest BCUT2D eigenvalue weighted by molar-refractivity contribution is -0.0248. The zero-order valence-corrected chi connectivity index (χ0v) is 9.31. The average molecular weight is 240 g/mol. The number of carbonyl (C=O) groups excluding carboxylic acids is 1. The molecular formula is C13H14F2O2. The summed E-state index contributed by atoms with van der Waals surface area (Å²) in [7, 11) is 0. The van der Waals surface area contributed by atoms with Crippen molar-refractivity contribution in [2.24, 2.45) is 5.92 Å². The van der Waals surface area contributed by atoms with Gasteiger partial charge >= 0.3 is 5.97 Å². The van der Waals surface area contributed by atoms with E-state index in [-0.39, 0.29) is 24.4 Å². The van der Waals surface area contributed by atoms with Gasteiger partial charge < -0.3 is 4.74 Å². The predicted molar refractivity (Wildman–Crippen MR) is 59.0 cm³/mol. The normalized spacial score (nSPS) is 23.2. The summed E-state index contributed by atoms with van der Waals surface area (Å²) in [6, 6.07) is 8.70. The van der Waals surface area contributed by atoms with Crippen molar-refractivity contribution in [3.63, 3.8) is 0 Å². The number of ether oxygens (including phenoxy) is 1. The number of halogens is 2. The number of esters is 1. The molecule has 0 atom stereocenters. The Hall–Kier alpha value is -1.45. The lowest BCUT2D eigenvalue weighted by Gasteiger charge is -2.34. The van der Waals surface area contributed by atoms with Crippen LogP contribution < -0.4 is 0 Å². The maximum atomic E-state index is 12.1. The van der Waals surface area contributed by atoms with Crippen molar-refractivity contribution in [2.75, 3.05) is 0 Å². The van der Waals surface area contributed by atoms with Crippen LogP contribution in [0.2, 0.25) is 0 Å². The monoisotopic (exact) mass is 240 g/mol. The lowest BCUT2D eigenvalue weighted by atomic mass is 9.80. The molecular weight excluding hydrogens is 226 g/mol. The van der Waals surface area contributed by atoms with Crippen LogP contribution in [-0.4, -0.2) is 18.5 Å². The van der Waals surface area contributed by atoms with Crippen LogP contribution in [0.25, 0.3) is 0 Å². The topological polar surface area (TPSA) is 26.3 Å². The first-order chi connectivity index (χ1) is 8.15. The van der Waals surface area contributed by atoms with Gasteiger partial charge in [0.25, 0.3) is 0 Å². The summed E-state index contributed by atoms with van der Waals surface area (Å²) in [6.07, 6.45) is -1.41. The molecule has 0 saturated heterocycles. The van der Waals surface area contributed by atoms with Crippen LogP contribution >= 0.6 is 0 Å². The highest BCUT2D eigenvalue weighted by Crippen LogP contribution is 2.34. The van der Waals surface area contributed by atoms with Gasteiger partial charge in [0.15, 0.2) is 0 Å². The zero-order valence-electron chi connectivity index (χ0n) is 9.31. The molecule has 1 fully saturated rings. The molecule has 1 aromatic rings. The summed E-state index contributed by atoms with van der Waals surface area (Å²) < 4.78 is 29.3. The van der Waals surface area contributed by atoms with Crippen molar-refractivity contribution in [2.45, 2.75) is 31.8 Å². The molecule has 0 bridgehead atoms. The zero-order chi connectivity index (χ0) is 12.3. The highest BCUT2D eigenvalue weighted by molar-refractivity contribution is 5.89. The second-order valence-electron chi connectivity index (χ2n) is 4.36. The molecule has 0 N–H and O–H groups in total. The van der Waals surface area contributed by atoms with Gasteiger partial charge in [-0.15, -0.1) is 0 Å². The minimum absolute atomic E-state index is 0.00331. The summed E-state index contributed by atoms with van der Waals surface area (Å²) in [5.74, 6) is -0.366. The molecule has 4 heteroatoms. The SMILES string of the molecule is O=C(OC1CC(CC(F)F)C1)c1ccccc1. The van der Waals surface area contributed by atoms with Gasteiger partial charge in [0.2, 0.25) is 6.43 Å². The molecule has 2 nitrogen and oxygen atoms in total. The molecule has 1 aliphatic carbocycles. The van der Waals surface area contributed by atoms with Gasteiger partial charge in [-0.1, -0.05) is 18.2 Å². The molecule has 0 radical (unpaired) electrons. The first kappa shape index (κ1) is 12.0. The van der Waals surface area contributed by atoms with Gasteiger partial charge in [0.05, 0.1) is 5.56 Å². The van der Waals surface area contributed by atoms with Gasteiger partial charge in [-0.25, -0.2) is 13.6 Å². The summed E-state index contributed by atoms with van der Waals surface area (Å²) in [4.78, 5) is 11.6. The van der Waals surface area contributed by atoms with Gasteiger partial charge in [0, 0.05) is 6.42 Å². The van der Waals surface area contributed by atoms with Crippen molar-refractivity contribution in [1.82, 2.24) is 0 Å². The van der Waals surface area contributed by atoms with Crippen molar-refractivity contribution in [1.29, 1.82) is 0 Å². The minimum atomic E-state index is -2.26. The largest absolute Gasteiger partial charge is 0.459 e. The smallest absolute Gasteiger partial charge is 0.338 e. The van der Waals surface area contributed by atoms with Gasteiger partial charge in [-0.2, -0.15) is 0 Å². The molecule has 92 valence electrons. The molecule has 1 saturated carbocycles. The van der Waals surface area contributed by atoms with E-state index in [1.165, 1.54) is 0 Å². The maximum Gasteiger partial charge on any atom is 0.338 e. The third-order valence-electron chi connectivity index (χ3n) is 2.99. The van der Waals surface area contributed by atoms with E-state index in [0.717, 1.165) is 0 Å². The Balaban J connectivity index is 1.75. The number of hydrogen-bond acceptors (Lipinski definition) is 2. The summed E-state index contributed by atoms with van der Waals surface area (Å²) in [5, 5.41) is 0. The Bertz CT molecular complexity index is 372. The second kappa shape index (κ2) is 5.25. The highest BCUT2D eigenvalue weighted by Gasteiger charge is 2.33. The molecule has 0 unspecified atom stereocenters. The predicted octanol–water partition coefficient (Wildman–Crippen LogP) is 3.28. The van der Waals surface area contributed by atoms with Crippen molar-refractivity contribution in [3.8, 4) is 0 Å². The van der Waals surface area contributed by atoms with Crippen LogP contribution in [0.1, 0.15) is 29.6 Å². The molecule has 0 aliphatic heterocycles. The van der Waals surface area contributed by atoms with E-state index in [1.54, 1.807) is 24.3 Å². The quantitative estimate of drug-likeness (QED) is 0.755. The van der Waals surface area contributed by atoms with Crippen molar-refractivity contribution in [3.05, 3.63) is 35.9 Å². The van der Waals surface area contributed by atoms with Crippen molar-refractivity contribution < 1.29 is 18.3 Å². The highest BCUT2D eigenvalue weighted by atomic mass is 19.3. The minimum Gasteiger partial charge on any atom is -0.459 e. The summed E-state index contributed by atoms with van der Waals surface area (Å²) >= 11 is 0. The fraction of sp³-hybridized carbons (Fsp3) is 0.462. The van der Waals surface area contributed by atoms with E-state index in [0.29, 0.717) is 18.4 Å². The fourth-order valence-corrected chi connectivity index (χ4v) is 2.01. The summed E-state index contributed by atoms with van der Waals surface area (Å²) in [5.41, 5.74) is 0.504. The Kier molecular flexibility index (Phi) is 3.71. The molecule has 0 aromatic heterocycles. The van der Waals surface area contributed by atoms with E-state index in [9.17, 15) is 13.6 Å². The van der Waals surface area contributed by atoms with Gasteiger partial charge in [0.1, 0.15) is 6.10 Å². The molecule has 0 heterocycles. The Labute approximate surface area is 98.6 Å². The van der Waals surface area contributed by atoms with Crippen LogP contribution in [-0.2, 0) is 4.74 Å². The fourth-order valence-electron chi connectivity index (χ4n) is 2.01. The lowest BCUT2D eigenvalue weighted by Crippen LogP contribution is -2.34. The first-order valence-corrected chi connectivity index (χ1v) is 5.69. The Morgan fingerprint density at radius 2 is 1.94 bits per heavy atom. The van der Waals surface area contributed by atoms with E-state index >= 15 is 0 Å². The molecule has 2 rings (SSSR count). The maximum absolute atomic E-state index is 12.1. The van der Waals surface area contributed by atoms with Crippen LogP contribution in [0.3, 0.4) is 0 Å². The molecule has 0 spiro atoms. The third-order valence-corrected chi connectivity index (χ3v) is 2.99. The Morgan fingerprint density at radius 1 is 1.29 bits per heavy atom. The van der Waals surface area contributed by atoms with Crippen LogP contribution in [0.5, 0.6) is 0 Å². The molecule has 1 aromatic carbocycles. The summed E-state index contributed by atoms with van der Waals surface area (Å²) in [6.45, 7) is 0.